The fourth-order valence-corrected chi connectivity index (χ4v) is 4.57. The van der Waals surface area contributed by atoms with Crippen molar-refractivity contribution < 1.29 is 8.42 Å². The van der Waals surface area contributed by atoms with Gasteiger partial charge in [-0.2, -0.15) is 5.10 Å². The molecule has 9 heteroatoms. The van der Waals surface area contributed by atoms with Crippen molar-refractivity contribution in [1.29, 1.82) is 0 Å². The highest BCUT2D eigenvalue weighted by molar-refractivity contribution is 7.90. The largest absolute Gasteiger partial charge is 0.356 e. The zero-order valence-electron chi connectivity index (χ0n) is 12.1. The lowest BCUT2D eigenvalue weighted by atomic mass is 10.1. The first-order chi connectivity index (χ1) is 10.6. The number of aromatic nitrogens is 4. The van der Waals surface area contributed by atoms with Gasteiger partial charge in [-0.25, -0.2) is 23.1 Å². The third kappa shape index (κ3) is 2.54. The second kappa shape index (κ2) is 5.17. The first-order valence-electron chi connectivity index (χ1n) is 7.53. The van der Waals surface area contributed by atoms with Crippen molar-refractivity contribution in [1.82, 2.24) is 24.9 Å². The molecule has 0 atom stereocenters. The standard InChI is InChI=1S/C13H18N6O2S/c20-22(21,10-1-2-10)18-9-3-5-19(6-4-9)13-11-7-16-17-12(11)14-8-15-13/h7-10,18H,1-6H2,(H,14,15,16,17). The molecular weight excluding hydrogens is 304 g/mol. The summed E-state index contributed by atoms with van der Waals surface area (Å²) in [6.07, 6.45) is 6.43. The number of sulfonamides is 1. The summed E-state index contributed by atoms with van der Waals surface area (Å²) in [6, 6.07) is 0.0310. The minimum atomic E-state index is -3.10. The normalized spacial score (nSPS) is 20.6. The molecule has 0 spiro atoms. The molecule has 0 aromatic carbocycles. The minimum Gasteiger partial charge on any atom is -0.356 e. The summed E-state index contributed by atoms with van der Waals surface area (Å²) in [6.45, 7) is 1.55. The van der Waals surface area contributed by atoms with Crippen LogP contribution in [0.4, 0.5) is 5.82 Å². The fraction of sp³-hybridized carbons (Fsp3) is 0.615. The lowest BCUT2D eigenvalue weighted by molar-refractivity contribution is 0.458. The number of H-pyrrole nitrogens is 1. The number of piperidine rings is 1. The molecule has 8 nitrogen and oxygen atoms in total. The van der Waals surface area contributed by atoms with Crippen molar-refractivity contribution in [3.63, 3.8) is 0 Å². The highest BCUT2D eigenvalue weighted by atomic mass is 32.2. The second-order valence-electron chi connectivity index (χ2n) is 5.95. The van der Waals surface area contributed by atoms with E-state index in [1.807, 2.05) is 0 Å². The van der Waals surface area contributed by atoms with E-state index < -0.39 is 10.0 Å². The van der Waals surface area contributed by atoms with Crippen LogP contribution < -0.4 is 9.62 Å². The maximum Gasteiger partial charge on any atom is 0.214 e. The van der Waals surface area contributed by atoms with E-state index >= 15 is 0 Å². The van der Waals surface area contributed by atoms with Crippen LogP contribution in [0.15, 0.2) is 12.5 Å². The van der Waals surface area contributed by atoms with Crippen LogP contribution in [0, 0.1) is 0 Å². The van der Waals surface area contributed by atoms with Gasteiger partial charge in [0.15, 0.2) is 5.65 Å². The van der Waals surface area contributed by atoms with Crippen LogP contribution >= 0.6 is 0 Å². The van der Waals surface area contributed by atoms with E-state index in [0.717, 1.165) is 55.6 Å². The molecule has 1 aliphatic carbocycles. The zero-order chi connectivity index (χ0) is 15.2. The number of fused-ring (bicyclic) bond motifs is 1. The molecule has 0 amide bonds. The van der Waals surface area contributed by atoms with Crippen LogP contribution in [0.3, 0.4) is 0 Å². The first kappa shape index (κ1) is 13.9. The molecule has 2 aliphatic rings. The number of hydrogen-bond acceptors (Lipinski definition) is 6. The molecule has 4 rings (SSSR count). The average Bonchev–Trinajstić information content (AvgIpc) is 3.26. The summed E-state index contributed by atoms with van der Waals surface area (Å²) in [7, 11) is -3.10. The highest BCUT2D eigenvalue weighted by Gasteiger charge is 2.37. The molecular formula is C13H18N6O2S. The Balaban J connectivity index is 1.44. The van der Waals surface area contributed by atoms with Crippen LogP contribution in [0.1, 0.15) is 25.7 Å². The van der Waals surface area contributed by atoms with Gasteiger partial charge in [-0.15, -0.1) is 0 Å². The quantitative estimate of drug-likeness (QED) is 0.844. The Labute approximate surface area is 128 Å². The minimum absolute atomic E-state index is 0.0310. The summed E-state index contributed by atoms with van der Waals surface area (Å²) in [5, 5.41) is 7.59. The van der Waals surface area contributed by atoms with E-state index in [1.54, 1.807) is 6.20 Å². The van der Waals surface area contributed by atoms with Crippen molar-refractivity contribution in [3.8, 4) is 0 Å². The molecule has 2 fully saturated rings. The predicted octanol–water partition coefficient (Wildman–Crippen LogP) is 0.404. The molecule has 0 bridgehead atoms. The van der Waals surface area contributed by atoms with Gasteiger partial charge in [0.05, 0.1) is 16.8 Å². The molecule has 3 heterocycles. The second-order valence-corrected chi connectivity index (χ2v) is 7.95. The van der Waals surface area contributed by atoms with Gasteiger partial charge in [0.2, 0.25) is 10.0 Å². The molecule has 1 saturated carbocycles. The van der Waals surface area contributed by atoms with Crippen molar-refractivity contribution in [3.05, 3.63) is 12.5 Å². The Hall–Kier alpha value is -1.74. The topological polar surface area (TPSA) is 104 Å². The molecule has 1 saturated heterocycles. The predicted molar refractivity (Wildman–Crippen MR) is 82.0 cm³/mol. The van der Waals surface area contributed by atoms with Gasteiger partial charge in [0, 0.05) is 19.1 Å². The third-order valence-corrected chi connectivity index (χ3v) is 6.33. The monoisotopic (exact) mass is 322 g/mol. The van der Waals surface area contributed by atoms with Crippen LogP contribution in [-0.2, 0) is 10.0 Å². The van der Waals surface area contributed by atoms with E-state index in [-0.39, 0.29) is 11.3 Å². The third-order valence-electron chi connectivity index (χ3n) is 4.32. The van der Waals surface area contributed by atoms with Gasteiger partial charge >= 0.3 is 0 Å². The van der Waals surface area contributed by atoms with Crippen molar-refractivity contribution in [2.24, 2.45) is 0 Å². The Morgan fingerprint density at radius 2 is 1.95 bits per heavy atom. The molecule has 2 aromatic heterocycles. The number of hydrogen-bond donors (Lipinski definition) is 2. The Morgan fingerprint density at radius 1 is 1.18 bits per heavy atom. The van der Waals surface area contributed by atoms with Gasteiger partial charge in [-0.1, -0.05) is 0 Å². The van der Waals surface area contributed by atoms with Gasteiger partial charge in [0.25, 0.3) is 0 Å². The van der Waals surface area contributed by atoms with Gasteiger partial charge in [-0.05, 0) is 25.7 Å². The lowest BCUT2D eigenvalue weighted by Gasteiger charge is -2.33. The summed E-state index contributed by atoms with van der Waals surface area (Å²) < 4.78 is 26.8. The Morgan fingerprint density at radius 3 is 2.68 bits per heavy atom. The van der Waals surface area contributed by atoms with Crippen molar-refractivity contribution >= 4 is 26.9 Å². The number of anilines is 1. The lowest BCUT2D eigenvalue weighted by Crippen LogP contribution is -2.45. The smallest absolute Gasteiger partial charge is 0.214 e. The van der Waals surface area contributed by atoms with Gasteiger partial charge in [-0.3, -0.25) is 5.10 Å². The molecule has 2 aromatic rings. The van der Waals surface area contributed by atoms with E-state index in [2.05, 4.69) is 29.8 Å². The van der Waals surface area contributed by atoms with Gasteiger partial charge < -0.3 is 4.90 Å². The van der Waals surface area contributed by atoms with Crippen LogP contribution in [0.25, 0.3) is 11.0 Å². The van der Waals surface area contributed by atoms with E-state index in [4.69, 9.17) is 0 Å². The average molecular weight is 322 g/mol. The molecule has 22 heavy (non-hydrogen) atoms. The van der Waals surface area contributed by atoms with Crippen molar-refractivity contribution in [2.45, 2.75) is 37.0 Å². The van der Waals surface area contributed by atoms with E-state index in [0.29, 0.717) is 0 Å². The zero-order valence-corrected chi connectivity index (χ0v) is 12.9. The summed E-state index contributed by atoms with van der Waals surface area (Å²) >= 11 is 0. The Bertz CT molecular complexity index is 777. The Kier molecular flexibility index (Phi) is 3.26. The number of rotatable bonds is 4. The summed E-state index contributed by atoms with van der Waals surface area (Å²) in [5.74, 6) is 0.863. The highest BCUT2D eigenvalue weighted by Crippen LogP contribution is 2.29. The van der Waals surface area contributed by atoms with E-state index in [9.17, 15) is 8.42 Å². The summed E-state index contributed by atoms with van der Waals surface area (Å²) in [5.41, 5.74) is 0.724. The van der Waals surface area contributed by atoms with Crippen molar-refractivity contribution in [2.75, 3.05) is 18.0 Å². The molecule has 0 unspecified atom stereocenters. The fourth-order valence-electron chi connectivity index (χ4n) is 2.92. The van der Waals surface area contributed by atoms with Gasteiger partial charge in [0.1, 0.15) is 12.1 Å². The maximum atomic E-state index is 12.0. The SMILES string of the molecule is O=S(=O)(NC1CCN(c2ncnc3[nH]ncc23)CC1)C1CC1. The van der Waals surface area contributed by atoms with Crippen LogP contribution in [0.2, 0.25) is 0 Å². The number of nitrogens with one attached hydrogen (secondary N) is 2. The number of aromatic amines is 1. The maximum absolute atomic E-state index is 12.0. The van der Waals surface area contributed by atoms with Crippen LogP contribution in [0.5, 0.6) is 0 Å². The number of nitrogens with zero attached hydrogens (tertiary/aromatic N) is 4. The molecule has 118 valence electrons. The van der Waals surface area contributed by atoms with E-state index in [1.165, 1.54) is 6.33 Å². The molecule has 2 N–H and O–H groups in total. The van der Waals surface area contributed by atoms with Crippen LogP contribution in [-0.4, -0.2) is 53.0 Å². The molecule has 0 radical (unpaired) electrons. The summed E-state index contributed by atoms with van der Waals surface area (Å²) in [4.78, 5) is 10.7. The first-order valence-corrected chi connectivity index (χ1v) is 9.08. The molecule has 1 aliphatic heterocycles.